The lowest BCUT2D eigenvalue weighted by atomic mass is 10.0. The van der Waals surface area contributed by atoms with Gasteiger partial charge in [0.05, 0.1) is 37.9 Å². The largest absolute Gasteiger partial charge is 0.493 e. The maximum atomic E-state index is 9.38. The number of nitrogens with two attached hydrogens (primary N) is 2. The highest BCUT2D eigenvalue weighted by molar-refractivity contribution is 7.20. The van der Waals surface area contributed by atoms with Crippen LogP contribution in [0, 0.1) is 11.3 Å². The number of methoxy groups -OCH3 is 3. The predicted octanol–water partition coefficient (Wildman–Crippen LogP) is 3.06. The zero-order valence-corrected chi connectivity index (χ0v) is 15.6. The molecule has 4 N–H and O–H groups in total. The number of aromatic nitrogens is 2. The highest BCUT2D eigenvalue weighted by Crippen LogP contribution is 2.46. The van der Waals surface area contributed by atoms with Crippen LogP contribution in [0.4, 0.5) is 11.5 Å². The summed E-state index contributed by atoms with van der Waals surface area (Å²) in [6.07, 6.45) is 0. The normalized spacial score (nSPS) is 11.0. The first-order valence-corrected chi connectivity index (χ1v) is 8.66. The Bertz CT molecular complexity index is 1280. The van der Waals surface area contributed by atoms with Crippen LogP contribution in [0.15, 0.2) is 12.1 Å². The first-order valence-electron chi connectivity index (χ1n) is 7.85. The molecule has 0 saturated heterocycles. The number of nitrogens with zero attached hydrogens (tertiary/aromatic N) is 3. The monoisotopic (exact) mass is 381 g/mol. The second-order valence-corrected chi connectivity index (χ2v) is 6.73. The van der Waals surface area contributed by atoms with Crippen molar-refractivity contribution in [1.82, 2.24) is 9.97 Å². The molecule has 9 heteroatoms. The summed E-state index contributed by atoms with van der Waals surface area (Å²) in [4.78, 5) is 9.94. The Morgan fingerprint density at radius 3 is 2.30 bits per heavy atom. The Labute approximate surface area is 157 Å². The van der Waals surface area contributed by atoms with Crippen LogP contribution >= 0.6 is 11.3 Å². The maximum absolute atomic E-state index is 9.38. The standard InChI is InChI=1S/C18H15N5O3S/c1-24-9-4-7-8(5-10(9)25-2)22-16(21)14-12(7)13-15(20)11(6-19)27-18(13)23-17(14)26-3/h4-5H,20H2,1-3H3,(H2,21,22). The van der Waals surface area contributed by atoms with Crippen LogP contribution < -0.4 is 25.7 Å². The molecule has 3 aromatic heterocycles. The number of rotatable bonds is 3. The van der Waals surface area contributed by atoms with E-state index in [0.717, 1.165) is 10.8 Å². The van der Waals surface area contributed by atoms with Gasteiger partial charge in [0, 0.05) is 22.2 Å². The number of fused-ring (bicyclic) bond motifs is 5. The highest BCUT2D eigenvalue weighted by Gasteiger charge is 2.22. The van der Waals surface area contributed by atoms with Crippen molar-refractivity contribution >= 4 is 54.7 Å². The fraction of sp³-hybridized carbons (Fsp3) is 0.167. The van der Waals surface area contributed by atoms with Crippen molar-refractivity contribution in [1.29, 1.82) is 5.26 Å². The van der Waals surface area contributed by atoms with Gasteiger partial charge < -0.3 is 25.7 Å². The molecule has 0 bridgehead atoms. The van der Waals surface area contributed by atoms with Crippen LogP contribution in [0.5, 0.6) is 17.4 Å². The van der Waals surface area contributed by atoms with Crippen LogP contribution in [-0.4, -0.2) is 31.3 Å². The number of hydrogen-bond donors (Lipinski definition) is 2. The van der Waals surface area contributed by atoms with Gasteiger partial charge in [0.1, 0.15) is 21.6 Å². The van der Waals surface area contributed by atoms with E-state index in [2.05, 4.69) is 16.0 Å². The molecule has 3 heterocycles. The molecule has 0 saturated carbocycles. The first-order chi connectivity index (χ1) is 13.0. The van der Waals surface area contributed by atoms with E-state index in [0.29, 0.717) is 49.1 Å². The molecule has 0 aliphatic rings. The van der Waals surface area contributed by atoms with Gasteiger partial charge in [0.2, 0.25) is 5.88 Å². The fourth-order valence-electron chi connectivity index (χ4n) is 3.22. The lowest BCUT2D eigenvalue weighted by molar-refractivity contribution is 0.356. The van der Waals surface area contributed by atoms with Crippen LogP contribution in [0.25, 0.3) is 31.9 Å². The summed E-state index contributed by atoms with van der Waals surface area (Å²) in [5.41, 5.74) is 13.5. The van der Waals surface area contributed by atoms with Crippen LogP contribution in [0.3, 0.4) is 0 Å². The van der Waals surface area contributed by atoms with Crippen molar-refractivity contribution in [3.63, 3.8) is 0 Å². The van der Waals surface area contributed by atoms with E-state index in [-0.39, 0.29) is 5.82 Å². The van der Waals surface area contributed by atoms with E-state index in [9.17, 15) is 5.26 Å². The number of hydrogen-bond acceptors (Lipinski definition) is 9. The zero-order valence-electron chi connectivity index (χ0n) is 14.8. The van der Waals surface area contributed by atoms with Gasteiger partial charge in [-0.15, -0.1) is 11.3 Å². The van der Waals surface area contributed by atoms with Crippen molar-refractivity contribution in [2.75, 3.05) is 32.8 Å². The minimum Gasteiger partial charge on any atom is -0.493 e. The predicted molar refractivity (Wildman–Crippen MR) is 106 cm³/mol. The van der Waals surface area contributed by atoms with Gasteiger partial charge in [-0.1, -0.05) is 0 Å². The van der Waals surface area contributed by atoms with Gasteiger partial charge in [-0.05, 0) is 6.07 Å². The van der Waals surface area contributed by atoms with Crippen molar-refractivity contribution in [2.24, 2.45) is 0 Å². The Morgan fingerprint density at radius 1 is 0.963 bits per heavy atom. The molecule has 8 nitrogen and oxygen atoms in total. The third-order valence-corrected chi connectivity index (χ3v) is 5.41. The minimum atomic E-state index is 0.250. The molecule has 27 heavy (non-hydrogen) atoms. The van der Waals surface area contributed by atoms with Gasteiger partial charge >= 0.3 is 0 Å². The summed E-state index contributed by atoms with van der Waals surface area (Å²) in [6, 6.07) is 5.67. The summed E-state index contributed by atoms with van der Waals surface area (Å²) in [5.74, 6) is 1.64. The number of ether oxygens (including phenoxy) is 3. The van der Waals surface area contributed by atoms with E-state index in [1.165, 1.54) is 18.4 Å². The van der Waals surface area contributed by atoms with Crippen LogP contribution in [0.2, 0.25) is 0 Å². The smallest absolute Gasteiger partial charge is 0.226 e. The molecule has 0 radical (unpaired) electrons. The Morgan fingerprint density at radius 2 is 1.67 bits per heavy atom. The Kier molecular flexibility index (Phi) is 3.78. The molecule has 0 aliphatic carbocycles. The molecule has 0 aliphatic heterocycles. The van der Waals surface area contributed by atoms with Crippen molar-refractivity contribution in [3.8, 4) is 23.4 Å². The lowest BCUT2D eigenvalue weighted by Gasteiger charge is -2.14. The van der Waals surface area contributed by atoms with Crippen LogP contribution in [-0.2, 0) is 0 Å². The molecule has 0 spiro atoms. The van der Waals surface area contributed by atoms with Crippen molar-refractivity contribution in [3.05, 3.63) is 17.0 Å². The average molecular weight is 381 g/mol. The highest BCUT2D eigenvalue weighted by atomic mass is 32.1. The maximum Gasteiger partial charge on any atom is 0.226 e. The molecule has 0 amide bonds. The molecular weight excluding hydrogens is 366 g/mol. The lowest BCUT2D eigenvalue weighted by Crippen LogP contribution is -2.00. The molecule has 4 rings (SSSR count). The summed E-state index contributed by atoms with van der Waals surface area (Å²) in [6.45, 7) is 0. The summed E-state index contributed by atoms with van der Waals surface area (Å²) >= 11 is 1.21. The zero-order chi connectivity index (χ0) is 19.3. The molecule has 136 valence electrons. The van der Waals surface area contributed by atoms with Gasteiger partial charge in [-0.25, -0.2) is 9.97 Å². The molecular formula is C18H15N5O3S. The summed E-state index contributed by atoms with van der Waals surface area (Å²) < 4.78 is 16.2. The minimum absolute atomic E-state index is 0.250. The molecule has 0 unspecified atom stereocenters. The number of pyridine rings is 2. The van der Waals surface area contributed by atoms with Gasteiger partial charge in [0.25, 0.3) is 0 Å². The second-order valence-electron chi connectivity index (χ2n) is 5.73. The SMILES string of the molecule is COc1cc2nc(N)c3c(OC)nc4sc(C#N)c(N)c4c3c2cc1OC. The molecule has 1 aromatic carbocycles. The van der Waals surface area contributed by atoms with E-state index in [4.69, 9.17) is 25.7 Å². The number of benzene rings is 1. The number of nitriles is 1. The first kappa shape index (κ1) is 16.9. The van der Waals surface area contributed by atoms with Crippen molar-refractivity contribution < 1.29 is 14.2 Å². The third kappa shape index (κ3) is 2.27. The molecule has 0 fully saturated rings. The summed E-state index contributed by atoms with van der Waals surface area (Å²) in [5, 5.41) is 12.0. The molecule has 4 aromatic rings. The topological polar surface area (TPSA) is 129 Å². The average Bonchev–Trinajstić information content (AvgIpc) is 3.01. The number of anilines is 2. The van der Waals surface area contributed by atoms with Gasteiger partial charge in [-0.2, -0.15) is 5.26 Å². The Balaban J connectivity index is 2.34. The number of nitrogen functional groups attached to an aromatic ring is 2. The number of thiophene rings is 1. The molecule has 0 atom stereocenters. The second kappa shape index (κ2) is 6.03. The summed E-state index contributed by atoms with van der Waals surface area (Å²) in [7, 11) is 4.62. The third-order valence-electron chi connectivity index (χ3n) is 4.41. The van der Waals surface area contributed by atoms with E-state index >= 15 is 0 Å². The fourth-order valence-corrected chi connectivity index (χ4v) is 4.11. The van der Waals surface area contributed by atoms with Crippen molar-refractivity contribution in [2.45, 2.75) is 0 Å². The van der Waals surface area contributed by atoms with Crippen LogP contribution in [0.1, 0.15) is 4.88 Å². The quantitative estimate of drug-likeness (QED) is 0.518. The van der Waals surface area contributed by atoms with E-state index in [1.54, 1.807) is 20.3 Å². The van der Waals surface area contributed by atoms with Gasteiger partial charge in [-0.3, -0.25) is 0 Å². The van der Waals surface area contributed by atoms with E-state index in [1.807, 2.05) is 6.07 Å². The Hall–Kier alpha value is -3.51. The van der Waals surface area contributed by atoms with E-state index < -0.39 is 0 Å². The van der Waals surface area contributed by atoms with Gasteiger partial charge in [0.15, 0.2) is 11.5 Å².